The van der Waals surface area contributed by atoms with E-state index in [0.717, 1.165) is 71.3 Å². The van der Waals surface area contributed by atoms with E-state index >= 15 is 0 Å². The summed E-state index contributed by atoms with van der Waals surface area (Å²) in [6.07, 6.45) is 8.27. The molecule has 0 fully saturated rings. The molecule has 0 bridgehead atoms. The summed E-state index contributed by atoms with van der Waals surface area (Å²) in [6, 6.07) is 12.2. The predicted molar refractivity (Wildman–Crippen MR) is 184 cm³/mol. The largest absolute Gasteiger partial charge is 0.404 e. The fourth-order valence-electron chi connectivity index (χ4n) is 5.46. The van der Waals surface area contributed by atoms with Crippen LogP contribution in [-0.4, -0.2) is 54.0 Å². The van der Waals surface area contributed by atoms with Crippen molar-refractivity contribution in [3.05, 3.63) is 77.0 Å². The van der Waals surface area contributed by atoms with Gasteiger partial charge in [0.25, 0.3) is 0 Å². The van der Waals surface area contributed by atoms with Gasteiger partial charge in [0, 0.05) is 65.0 Å². The molecule has 0 radical (unpaired) electrons. The Morgan fingerprint density at radius 3 is 2.60 bits per heavy atom. The topological polar surface area (TPSA) is 128 Å². The van der Waals surface area contributed by atoms with Crippen LogP contribution in [0.3, 0.4) is 0 Å². The number of nitrogens with zero attached hydrogens (tertiary/aromatic N) is 5. The van der Waals surface area contributed by atoms with E-state index < -0.39 is 0 Å². The molecule has 9 nitrogen and oxygen atoms in total. The Hall–Kier alpha value is -3.82. The van der Waals surface area contributed by atoms with Gasteiger partial charge in [0.2, 0.25) is 0 Å². The number of nitrogen functional groups attached to an aromatic ring is 1. The molecule has 1 aliphatic heterocycles. The Morgan fingerprint density at radius 2 is 1.98 bits per heavy atom. The summed E-state index contributed by atoms with van der Waals surface area (Å²) in [5, 5.41) is 3.20. The van der Waals surface area contributed by atoms with Gasteiger partial charge >= 0.3 is 0 Å². The van der Waals surface area contributed by atoms with Crippen LogP contribution in [0.4, 0.5) is 17.3 Å². The van der Waals surface area contributed by atoms with Crippen LogP contribution in [0.2, 0.25) is 0 Å². The fraction of sp³-hybridized carbons (Fsp3) is 0.471. The van der Waals surface area contributed by atoms with Crippen LogP contribution in [0.25, 0.3) is 5.57 Å². The highest BCUT2D eigenvalue weighted by molar-refractivity contribution is 6.10. The average molecular weight is 591 g/mol. The van der Waals surface area contributed by atoms with Crippen LogP contribution in [0.5, 0.6) is 0 Å². The van der Waals surface area contributed by atoms with Crippen molar-refractivity contribution in [2.45, 2.75) is 84.4 Å². The lowest BCUT2D eigenvalue weighted by atomic mass is 9.75. The number of aromatic nitrogens is 3. The molecule has 1 aliphatic rings. The molecule has 3 heterocycles. The summed E-state index contributed by atoms with van der Waals surface area (Å²) in [5.41, 5.74) is 17.1. The molecule has 0 unspecified atom stereocenters. The molecular weight excluding hydrogens is 536 g/mol. The molecule has 0 spiro atoms. The summed E-state index contributed by atoms with van der Waals surface area (Å²) in [6.45, 7) is 13.6. The third kappa shape index (κ3) is 8.61. The lowest BCUT2D eigenvalue weighted by Crippen LogP contribution is -2.44. The highest BCUT2D eigenvalue weighted by Gasteiger charge is 2.40. The summed E-state index contributed by atoms with van der Waals surface area (Å²) in [5.74, 6) is 2.73. The predicted octanol–water partition coefficient (Wildman–Crippen LogP) is 6.36. The van der Waals surface area contributed by atoms with Gasteiger partial charge in [0.15, 0.2) is 0 Å². The van der Waals surface area contributed by atoms with Gasteiger partial charge in [-0.15, -0.1) is 0 Å². The van der Waals surface area contributed by atoms with E-state index in [4.69, 9.17) is 26.2 Å². The number of aliphatic imine (C=N–C) groups is 1. The molecule has 2 aromatic heterocycles. The number of methoxy groups -OCH3 is 1. The van der Waals surface area contributed by atoms with Gasteiger partial charge in [-0.1, -0.05) is 26.0 Å². The number of hydrogen-bond acceptors (Lipinski definition) is 9. The van der Waals surface area contributed by atoms with Crippen molar-refractivity contribution in [1.82, 2.24) is 20.3 Å². The summed E-state index contributed by atoms with van der Waals surface area (Å²) < 4.78 is 5.69. The second-order valence-electron chi connectivity index (χ2n) is 12.4. The van der Waals surface area contributed by atoms with E-state index in [2.05, 4.69) is 66.1 Å². The second kappa shape index (κ2) is 14.6. The SMILES string of the molecule is CN=C/C(=C\N)c1ccc(N)cc1C.CNCc1cccc(N2c3nc(C)ncc3C(C)(C)C[C@H]2CCC(C)(C)OC)n1.[HH].[HH]. The highest BCUT2D eigenvalue weighted by atomic mass is 16.5. The Kier molecular flexibility index (Phi) is 11.4. The Balaban J connectivity index is 0.000000538. The zero-order valence-corrected chi connectivity index (χ0v) is 27.4. The van der Waals surface area contributed by atoms with Gasteiger partial charge in [0.1, 0.15) is 17.5 Å². The molecule has 4 rings (SSSR count). The van der Waals surface area contributed by atoms with Crippen LogP contribution < -0.4 is 21.7 Å². The van der Waals surface area contributed by atoms with E-state index in [1.807, 2.05) is 45.3 Å². The summed E-state index contributed by atoms with van der Waals surface area (Å²) in [7, 11) is 5.45. The van der Waals surface area contributed by atoms with Gasteiger partial charge in [-0.2, -0.15) is 0 Å². The molecule has 1 aromatic carbocycles. The van der Waals surface area contributed by atoms with E-state index in [9.17, 15) is 0 Å². The van der Waals surface area contributed by atoms with Crippen LogP contribution in [0, 0.1) is 13.8 Å². The van der Waals surface area contributed by atoms with E-state index in [0.29, 0.717) is 6.04 Å². The summed E-state index contributed by atoms with van der Waals surface area (Å²) >= 11 is 0. The number of fused-ring (bicyclic) bond motifs is 1. The van der Waals surface area contributed by atoms with Gasteiger partial charge in [-0.05, 0) is 94.8 Å². The van der Waals surface area contributed by atoms with Gasteiger partial charge in [0.05, 0.1) is 11.3 Å². The number of hydrogen-bond donors (Lipinski definition) is 3. The highest BCUT2D eigenvalue weighted by Crippen LogP contribution is 2.45. The number of pyridine rings is 1. The molecule has 0 aliphatic carbocycles. The van der Waals surface area contributed by atoms with Crippen molar-refractivity contribution in [3.63, 3.8) is 0 Å². The van der Waals surface area contributed by atoms with Crippen LogP contribution >= 0.6 is 0 Å². The molecule has 3 aromatic rings. The van der Waals surface area contributed by atoms with Crippen molar-refractivity contribution >= 4 is 29.1 Å². The number of anilines is 3. The number of benzene rings is 1. The number of allylic oxidation sites excluding steroid dienone is 1. The normalized spacial score (nSPS) is 16.5. The number of ether oxygens (including phenoxy) is 1. The number of aryl methyl sites for hydroxylation is 2. The molecule has 236 valence electrons. The van der Waals surface area contributed by atoms with Gasteiger partial charge in [-0.3, -0.25) is 4.99 Å². The zero-order chi connectivity index (χ0) is 31.8. The minimum absolute atomic E-state index is 0. The van der Waals surface area contributed by atoms with Crippen molar-refractivity contribution in [3.8, 4) is 0 Å². The van der Waals surface area contributed by atoms with Crippen molar-refractivity contribution < 1.29 is 7.59 Å². The van der Waals surface area contributed by atoms with Crippen molar-refractivity contribution in [2.75, 3.05) is 31.8 Å². The van der Waals surface area contributed by atoms with Crippen LogP contribution in [0.15, 0.2) is 53.8 Å². The quantitative estimate of drug-likeness (QED) is 0.194. The maximum Gasteiger partial charge on any atom is 0.141 e. The lowest BCUT2D eigenvalue weighted by molar-refractivity contribution is 0.0118. The Bertz CT molecular complexity index is 1440. The van der Waals surface area contributed by atoms with E-state index in [-0.39, 0.29) is 13.9 Å². The monoisotopic (exact) mass is 590 g/mol. The average Bonchev–Trinajstić information content (AvgIpc) is 2.95. The fourth-order valence-corrected chi connectivity index (χ4v) is 5.46. The first-order valence-electron chi connectivity index (χ1n) is 14.9. The number of nitrogens with one attached hydrogen (secondary N) is 1. The molecule has 0 saturated heterocycles. The first kappa shape index (κ1) is 33.7. The third-order valence-corrected chi connectivity index (χ3v) is 8.00. The van der Waals surface area contributed by atoms with Crippen molar-refractivity contribution in [1.29, 1.82) is 0 Å². The molecule has 1 atom stereocenters. The minimum atomic E-state index is -0.154. The van der Waals surface area contributed by atoms with E-state index in [1.165, 1.54) is 5.56 Å². The molecule has 0 saturated carbocycles. The molecule has 43 heavy (non-hydrogen) atoms. The number of rotatable bonds is 9. The first-order chi connectivity index (χ1) is 20.4. The Labute approximate surface area is 260 Å². The van der Waals surface area contributed by atoms with Gasteiger partial charge < -0.3 is 26.4 Å². The molecule has 5 N–H and O–H groups in total. The maximum atomic E-state index is 5.69. The summed E-state index contributed by atoms with van der Waals surface area (Å²) in [4.78, 5) is 20.6. The lowest BCUT2D eigenvalue weighted by Gasteiger charge is -2.45. The smallest absolute Gasteiger partial charge is 0.141 e. The number of nitrogens with two attached hydrogens (primary N) is 2. The molecule has 0 amide bonds. The third-order valence-electron chi connectivity index (χ3n) is 8.00. The van der Waals surface area contributed by atoms with Crippen molar-refractivity contribution in [2.24, 2.45) is 10.7 Å². The first-order valence-corrected chi connectivity index (χ1v) is 14.9. The minimum Gasteiger partial charge on any atom is -0.404 e. The molecular formula is C34H54N8O. The maximum absolute atomic E-state index is 5.69. The van der Waals surface area contributed by atoms with Gasteiger partial charge in [-0.25, -0.2) is 15.0 Å². The van der Waals surface area contributed by atoms with Crippen LogP contribution in [-0.2, 0) is 16.7 Å². The second-order valence-corrected chi connectivity index (χ2v) is 12.4. The zero-order valence-electron chi connectivity index (χ0n) is 27.4. The van der Waals surface area contributed by atoms with E-state index in [1.54, 1.807) is 26.6 Å². The standard InChI is InChI=1S/C23H35N5O.C11H15N3.2H2/c1-16-25-15-19-21(26-16)28(20-10-8-9-17(27-20)14-24-6)18(13-22(19,2)3)11-12-23(4,5)29-7;1-8-5-10(13)3-4-11(8)9(6-12)7-14-2;;/h8-10,15,18,24H,11-14H2,1-7H3;3-7H,12-13H2,1-2H3;2*1H/b;9-6+,14-7?;;/t18-;;;/m1.../s1. The Morgan fingerprint density at radius 1 is 1.23 bits per heavy atom. The molecule has 9 heteroatoms. The van der Waals surface area contributed by atoms with Crippen LogP contribution in [0.1, 0.15) is 78.0 Å².